The number of unbranched alkanes of at least 4 members (excludes halogenated alkanes) is 2. The van der Waals surface area contributed by atoms with Gasteiger partial charge >= 0.3 is 5.97 Å². The van der Waals surface area contributed by atoms with Gasteiger partial charge < -0.3 is 14.6 Å². The Morgan fingerprint density at radius 2 is 1.87 bits per heavy atom. The molecule has 3 rings (SSSR count). The first kappa shape index (κ1) is 25.7. The minimum absolute atomic E-state index is 0. The highest BCUT2D eigenvalue weighted by molar-refractivity contribution is 5.85. The number of para-hydroxylation sites is 1. The Morgan fingerprint density at radius 1 is 1.16 bits per heavy atom. The maximum absolute atomic E-state index is 11.0. The van der Waals surface area contributed by atoms with Crippen molar-refractivity contribution >= 4 is 29.3 Å². The van der Waals surface area contributed by atoms with Crippen molar-refractivity contribution in [3.8, 4) is 0 Å². The first-order chi connectivity index (χ1) is 14.5. The second kappa shape index (κ2) is 11.9. The quantitative estimate of drug-likeness (QED) is 0.328. The number of aryl methyl sites for hydroxylation is 1. The molecule has 5 heteroatoms. The second-order valence-electron chi connectivity index (χ2n) is 9.36. The van der Waals surface area contributed by atoms with Crippen LogP contribution in [0.5, 0.6) is 0 Å². The van der Waals surface area contributed by atoms with Gasteiger partial charge in [-0.1, -0.05) is 38.0 Å². The molecular formula is C26H41ClN2O2. The maximum atomic E-state index is 11.0. The average molecular weight is 449 g/mol. The van der Waals surface area contributed by atoms with E-state index in [4.69, 9.17) is 4.74 Å². The molecule has 0 unspecified atom stereocenters. The number of benzene rings is 1. The number of rotatable bonds is 10. The number of esters is 1. The number of aromatic nitrogens is 1. The molecule has 1 fully saturated rings. The van der Waals surface area contributed by atoms with Crippen molar-refractivity contribution in [3.63, 3.8) is 0 Å². The molecule has 1 aliphatic carbocycles. The Kier molecular flexibility index (Phi) is 9.90. The van der Waals surface area contributed by atoms with Crippen LogP contribution in [0.2, 0.25) is 0 Å². The molecule has 0 bridgehead atoms. The topological polar surface area (TPSA) is 45.3 Å². The molecule has 2 aromatic rings. The van der Waals surface area contributed by atoms with Gasteiger partial charge in [-0.05, 0) is 83.0 Å². The lowest BCUT2D eigenvalue weighted by Gasteiger charge is -2.45. The minimum Gasteiger partial charge on any atom is -0.466 e. The van der Waals surface area contributed by atoms with Gasteiger partial charge in [0, 0.05) is 29.1 Å². The monoisotopic (exact) mass is 448 g/mol. The lowest BCUT2D eigenvalue weighted by molar-refractivity contribution is -0.141. The normalized spacial score (nSPS) is 21.3. The number of nitrogens with one attached hydrogen (secondary N) is 1. The summed E-state index contributed by atoms with van der Waals surface area (Å²) in [6.45, 7) is 4.31. The third-order valence-corrected chi connectivity index (χ3v) is 7.24. The third kappa shape index (κ3) is 6.26. The van der Waals surface area contributed by atoms with Gasteiger partial charge in [-0.2, -0.15) is 0 Å². The van der Waals surface area contributed by atoms with Crippen LogP contribution in [-0.4, -0.2) is 42.1 Å². The van der Waals surface area contributed by atoms with E-state index in [1.807, 2.05) is 0 Å². The van der Waals surface area contributed by atoms with Gasteiger partial charge in [0.2, 0.25) is 0 Å². The molecule has 1 aromatic heterocycles. The van der Waals surface area contributed by atoms with E-state index in [1.54, 1.807) is 0 Å². The lowest BCUT2D eigenvalue weighted by atomic mass is 9.71. The first-order valence-electron chi connectivity index (χ1n) is 11.9. The Morgan fingerprint density at radius 3 is 2.52 bits per heavy atom. The Balaban J connectivity index is 0.00000341. The molecule has 4 nitrogen and oxygen atoms in total. The summed E-state index contributed by atoms with van der Waals surface area (Å²) >= 11 is 0. The maximum Gasteiger partial charge on any atom is 0.302 e. The van der Waals surface area contributed by atoms with Crippen molar-refractivity contribution in [2.24, 2.45) is 0 Å². The first-order valence-corrected chi connectivity index (χ1v) is 11.9. The van der Waals surface area contributed by atoms with Gasteiger partial charge in [0.15, 0.2) is 0 Å². The molecule has 0 atom stereocenters. The number of hydrogen-bond donors (Lipinski definition) is 1. The van der Waals surface area contributed by atoms with Gasteiger partial charge in [-0.25, -0.2) is 0 Å². The summed E-state index contributed by atoms with van der Waals surface area (Å²) in [6.07, 6.45) is 12.0. The summed E-state index contributed by atoms with van der Waals surface area (Å²) in [4.78, 5) is 17.3. The molecule has 1 saturated carbocycles. The zero-order valence-electron chi connectivity index (χ0n) is 19.8. The Hall–Kier alpha value is -1.52. The van der Waals surface area contributed by atoms with Crippen LogP contribution in [0.3, 0.4) is 0 Å². The van der Waals surface area contributed by atoms with Crippen LogP contribution >= 0.6 is 12.4 Å². The van der Waals surface area contributed by atoms with Gasteiger partial charge in [0.05, 0.1) is 6.61 Å². The number of H-pyrrole nitrogens is 1. The average Bonchev–Trinajstić information content (AvgIpc) is 3.10. The van der Waals surface area contributed by atoms with E-state index in [0.717, 1.165) is 19.3 Å². The number of carbonyl (C=O) groups is 1. The van der Waals surface area contributed by atoms with Gasteiger partial charge in [-0.15, -0.1) is 12.4 Å². The predicted molar refractivity (Wildman–Crippen MR) is 132 cm³/mol. The van der Waals surface area contributed by atoms with Crippen molar-refractivity contribution in [3.05, 3.63) is 35.5 Å². The van der Waals surface area contributed by atoms with Gasteiger partial charge in [0.1, 0.15) is 0 Å². The van der Waals surface area contributed by atoms with Crippen LogP contribution in [0.1, 0.15) is 88.8 Å². The third-order valence-electron chi connectivity index (χ3n) is 7.24. The molecule has 0 radical (unpaired) electrons. The SMILES string of the molecule is CCCCC1(N(C)C)CCC(c2[nH]c3ccccc3c2CCCCOC(C)=O)CC1.Cl. The number of hydrogen-bond acceptors (Lipinski definition) is 3. The van der Waals surface area contributed by atoms with Crippen molar-refractivity contribution in [1.29, 1.82) is 0 Å². The zero-order chi connectivity index (χ0) is 21.6. The van der Waals surface area contributed by atoms with E-state index in [0.29, 0.717) is 18.1 Å². The molecule has 174 valence electrons. The highest BCUT2D eigenvalue weighted by atomic mass is 35.5. The smallest absolute Gasteiger partial charge is 0.302 e. The number of fused-ring (bicyclic) bond motifs is 1. The van der Waals surface area contributed by atoms with E-state index in [1.165, 1.54) is 74.0 Å². The molecule has 1 aromatic carbocycles. The fourth-order valence-corrected chi connectivity index (χ4v) is 5.33. The van der Waals surface area contributed by atoms with Gasteiger partial charge in [0.25, 0.3) is 0 Å². The minimum atomic E-state index is -0.183. The molecule has 1 aliphatic rings. The number of ether oxygens (including phenoxy) is 1. The van der Waals surface area contributed by atoms with Crippen LogP contribution in [0.25, 0.3) is 10.9 Å². The number of nitrogens with zero attached hydrogens (tertiary/aromatic N) is 1. The van der Waals surface area contributed by atoms with Crippen LogP contribution < -0.4 is 0 Å². The molecule has 0 saturated heterocycles. The fraction of sp³-hybridized carbons (Fsp3) is 0.654. The van der Waals surface area contributed by atoms with E-state index < -0.39 is 0 Å². The van der Waals surface area contributed by atoms with E-state index in [-0.39, 0.29) is 18.4 Å². The summed E-state index contributed by atoms with van der Waals surface area (Å²) < 4.78 is 5.12. The zero-order valence-corrected chi connectivity index (χ0v) is 20.7. The molecule has 31 heavy (non-hydrogen) atoms. The second-order valence-corrected chi connectivity index (χ2v) is 9.36. The van der Waals surface area contributed by atoms with Crippen LogP contribution in [0, 0.1) is 0 Å². The van der Waals surface area contributed by atoms with E-state index >= 15 is 0 Å². The Labute approximate surface area is 194 Å². The predicted octanol–water partition coefficient (Wildman–Crippen LogP) is 6.62. The standard InChI is InChI=1S/C26H40N2O2.ClH/c1-5-6-16-26(28(3)4)17-14-21(15-18-26)25-23(12-9-10-19-30-20(2)29)22-11-7-8-13-24(22)27-25;/h7-8,11,13,21,27H,5-6,9-10,12,14-19H2,1-4H3;1H. The van der Waals surface area contributed by atoms with E-state index in [2.05, 4.69) is 55.2 Å². The summed E-state index contributed by atoms with van der Waals surface area (Å²) in [5.74, 6) is 0.438. The van der Waals surface area contributed by atoms with Crippen LogP contribution in [0.4, 0.5) is 0 Å². The number of carbonyl (C=O) groups excluding carboxylic acids is 1. The molecule has 0 spiro atoms. The summed E-state index contributed by atoms with van der Waals surface area (Å²) in [6, 6.07) is 8.72. The fourth-order valence-electron chi connectivity index (χ4n) is 5.33. The summed E-state index contributed by atoms with van der Waals surface area (Å²) in [7, 11) is 4.54. The number of aromatic amines is 1. The molecule has 1 heterocycles. The van der Waals surface area contributed by atoms with Crippen molar-refractivity contribution in [2.75, 3.05) is 20.7 Å². The van der Waals surface area contributed by atoms with Crippen molar-refractivity contribution in [2.45, 2.75) is 89.5 Å². The Bertz CT molecular complexity index is 822. The van der Waals surface area contributed by atoms with Crippen molar-refractivity contribution in [1.82, 2.24) is 9.88 Å². The summed E-state index contributed by atoms with van der Waals surface area (Å²) in [5, 5.41) is 1.37. The van der Waals surface area contributed by atoms with Gasteiger partial charge in [-0.3, -0.25) is 4.79 Å². The molecule has 1 N–H and O–H groups in total. The van der Waals surface area contributed by atoms with E-state index in [9.17, 15) is 4.79 Å². The van der Waals surface area contributed by atoms with Crippen molar-refractivity contribution < 1.29 is 9.53 Å². The van der Waals surface area contributed by atoms with Crippen LogP contribution in [0.15, 0.2) is 24.3 Å². The highest BCUT2D eigenvalue weighted by Crippen LogP contribution is 2.44. The molecular weight excluding hydrogens is 408 g/mol. The highest BCUT2D eigenvalue weighted by Gasteiger charge is 2.37. The molecule has 0 amide bonds. The van der Waals surface area contributed by atoms with Crippen LogP contribution in [-0.2, 0) is 16.0 Å². The summed E-state index contributed by atoms with van der Waals surface area (Å²) in [5.41, 5.74) is 4.59. The molecule has 0 aliphatic heterocycles. The number of halogens is 1. The largest absolute Gasteiger partial charge is 0.466 e. The lowest BCUT2D eigenvalue weighted by Crippen LogP contribution is -2.46.